The standard InChI is InChI=1S/C15H20Cl2N2/c16-13-3-2-12(8-14(13)17)9-19-7-5-15(11-19)4-1-6-18-10-15/h2-3,8,18H,1,4-7,9-11H2. The molecule has 1 aromatic rings. The molecule has 2 saturated heterocycles. The second-order valence-electron chi connectivity index (χ2n) is 5.99. The number of benzene rings is 1. The number of rotatable bonds is 2. The highest BCUT2D eigenvalue weighted by Crippen LogP contribution is 2.37. The summed E-state index contributed by atoms with van der Waals surface area (Å²) in [6, 6.07) is 5.97. The third-order valence-electron chi connectivity index (χ3n) is 4.47. The summed E-state index contributed by atoms with van der Waals surface area (Å²) >= 11 is 12.0. The Kier molecular flexibility index (Phi) is 4.04. The zero-order valence-corrected chi connectivity index (χ0v) is 12.6. The van der Waals surface area contributed by atoms with Crippen LogP contribution in [0.5, 0.6) is 0 Å². The lowest BCUT2D eigenvalue weighted by atomic mass is 9.80. The summed E-state index contributed by atoms with van der Waals surface area (Å²) in [5, 5.41) is 4.85. The van der Waals surface area contributed by atoms with E-state index in [9.17, 15) is 0 Å². The van der Waals surface area contributed by atoms with Gasteiger partial charge in [0.2, 0.25) is 0 Å². The minimum Gasteiger partial charge on any atom is -0.316 e. The fourth-order valence-corrected chi connectivity index (χ4v) is 3.76. The van der Waals surface area contributed by atoms with E-state index < -0.39 is 0 Å². The van der Waals surface area contributed by atoms with Gasteiger partial charge in [-0.1, -0.05) is 29.3 Å². The highest BCUT2D eigenvalue weighted by Gasteiger charge is 2.38. The van der Waals surface area contributed by atoms with Gasteiger partial charge in [-0.3, -0.25) is 4.90 Å². The molecule has 1 unspecified atom stereocenters. The Morgan fingerprint density at radius 3 is 2.84 bits per heavy atom. The van der Waals surface area contributed by atoms with Crippen molar-refractivity contribution >= 4 is 23.2 Å². The van der Waals surface area contributed by atoms with Gasteiger partial charge in [0.05, 0.1) is 10.0 Å². The summed E-state index contributed by atoms with van der Waals surface area (Å²) in [4.78, 5) is 2.55. The molecule has 0 radical (unpaired) electrons. The summed E-state index contributed by atoms with van der Waals surface area (Å²) in [7, 11) is 0. The lowest BCUT2D eigenvalue weighted by Gasteiger charge is -2.34. The van der Waals surface area contributed by atoms with Crippen molar-refractivity contribution in [3.8, 4) is 0 Å². The molecule has 2 fully saturated rings. The molecule has 0 aromatic heterocycles. The molecule has 0 amide bonds. The van der Waals surface area contributed by atoms with Crippen LogP contribution < -0.4 is 5.32 Å². The molecule has 0 bridgehead atoms. The van der Waals surface area contributed by atoms with Crippen LogP contribution in [0.4, 0.5) is 0 Å². The van der Waals surface area contributed by atoms with Gasteiger partial charge in [-0.25, -0.2) is 0 Å². The van der Waals surface area contributed by atoms with E-state index in [0.29, 0.717) is 15.5 Å². The summed E-state index contributed by atoms with van der Waals surface area (Å²) in [5.41, 5.74) is 1.78. The smallest absolute Gasteiger partial charge is 0.0595 e. The molecule has 0 aliphatic carbocycles. The zero-order valence-electron chi connectivity index (χ0n) is 11.1. The monoisotopic (exact) mass is 298 g/mol. The number of hydrogen-bond donors (Lipinski definition) is 1. The minimum absolute atomic E-state index is 0.522. The van der Waals surface area contributed by atoms with Crippen LogP contribution in [0.2, 0.25) is 10.0 Å². The van der Waals surface area contributed by atoms with E-state index in [-0.39, 0.29) is 0 Å². The third kappa shape index (κ3) is 3.08. The van der Waals surface area contributed by atoms with Crippen molar-refractivity contribution in [3.05, 3.63) is 33.8 Å². The maximum absolute atomic E-state index is 6.08. The summed E-state index contributed by atoms with van der Waals surface area (Å²) in [6.07, 6.45) is 4.01. The Bertz CT molecular complexity index is 455. The normalized spacial score (nSPS) is 28.1. The Morgan fingerprint density at radius 2 is 2.11 bits per heavy atom. The van der Waals surface area contributed by atoms with Gasteiger partial charge in [0.25, 0.3) is 0 Å². The van der Waals surface area contributed by atoms with E-state index in [2.05, 4.69) is 16.3 Å². The van der Waals surface area contributed by atoms with Crippen LogP contribution in [0, 0.1) is 5.41 Å². The second-order valence-corrected chi connectivity index (χ2v) is 6.80. The van der Waals surface area contributed by atoms with E-state index >= 15 is 0 Å². The number of nitrogens with zero attached hydrogens (tertiary/aromatic N) is 1. The SMILES string of the molecule is Clc1ccc(CN2CCC3(CCCNC3)C2)cc1Cl. The quantitative estimate of drug-likeness (QED) is 0.898. The van der Waals surface area contributed by atoms with Crippen LogP contribution in [0.15, 0.2) is 18.2 Å². The van der Waals surface area contributed by atoms with Gasteiger partial charge in [-0.05, 0) is 55.5 Å². The van der Waals surface area contributed by atoms with E-state index in [1.807, 2.05) is 12.1 Å². The number of halogens is 2. The van der Waals surface area contributed by atoms with Crippen LogP contribution >= 0.6 is 23.2 Å². The van der Waals surface area contributed by atoms with Gasteiger partial charge >= 0.3 is 0 Å². The molecule has 3 rings (SSSR count). The largest absolute Gasteiger partial charge is 0.316 e. The predicted molar refractivity (Wildman–Crippen MR) is 80.9 cm³/mol. The molecule has 2 nitrogen and oxygen atoms in total. The van der Waals surface area contributed by atoms with Gasteiger partial charge in [0.1, 0.15) is 0 Å². The molecule has 104 valence electrons. The van der Waals surface area contributed by atoms with Crippen molar-refractivity contribution in [2.75, 3.05) is 26.2 Å². The van der Waals surface area contributed by atoms with Crippen LogP contribution in [0.3, 0.4) is 0 Å². The maximum Gasteiger partial charge on any atom is 0.0595 e. The second kappa shape index (κ2) is 5.61. The molecule has 1 N–H and O–H groups in total. The van der Waals surface area contributed by atoms with E-state index in [1.54, 1.807) is 0 Å². The van der Waals surface area contributed by atoms with Gasteiger partial charge < -0.3 is 5.32 Å². The summed E-state index contributed by atoms with van der Waals surface area (Å²) in [6.45, 7) is 5.76. The first-order valence-corrected chi connectivity index (χ1v) is 7.80. The number of hydrogen-bond acceptors (Lipinski definition) is 2. The fraction of sp³-hybridized carbons (Fsp3) is 0.600. The van der Waals surface area contributed by atoms with Crippen molar-refractivity contribution < 1.29 is 0 Å². The minimum atomic E-state index is 0.522. The lowest BCUT2D eigenvalue weighted by molar-refractivity contribution is 0.199. The molecular weight excluding hydrogens is 279 g/mol. The highest BCUT2D eigenvalue weighted by atomic mass is 35.5. The number of likely N-dealkylation sites (tertiary alicyclic amines) is 1. The van der Waals surface area contributed by atoms with Crippen molar-refractivity contribution in [2.45, 2.75) is 25.8 Å². The summed E-state index contributed by atoms with van der Waals surface area (Å²) in [5.74, 6) is 0. The molecule has 2 heterocycles. The molecule has 1 spiro atoms. The first-order valence-electron chi connectivity index (χ1n) is 7.04. The lowest BCUT2D eigenvalue weighted by Crippen LogP contribution is -2.41. The molecule has 1 atom stereocenters. The molecule has 2 aliphatic heterocycles. The Hall–Kier alpha value is -0.280. The zero-order chi connectivity index (χ0) is 13.3. The molecular formula is C15H20Cl2N2. The Morgan fingerprint density at radius 1 is 1.21 bits per heavy atom. The average Bonchev–Trinajstić information content (AvgIpc) is 2.78. The third-order valence-corrected chi connectivity index (χ3v) is 5.21. The fourth-order valence-electron chi connectivity index (χ4n) is 3.44. The average molecular weight is 299 g/mol. The number of nitrogens with one attached hydrogen (secondary N) is 1. The highest BCUT2D eigenvalue weighted by molar-refractivity contribution is 6.42. The first-order chi connectivity index (χ1) is 9.17. The Labute approximate surface area is 125 Å². The van der Waals surface area contributed by atoms with E-state index in [1.165, 1.54) is 51.0 Å². The van der Waals surface area contributed by atoms with Crippen LogP contribution in [-0.2, 0) is 6.54 Å². The first kappa shape index (κ1) is 13.7. The van der Waals surface area contributed by atoms with E-state index in [4.69, 9.17) is 23.2 Å². The van der Waals surface area contributed by atoms with Crippen LogP contribution in [-0.4, -0.2) is 31.1 Å². The van der Waals surface area contributed by atoms with Gasteiger partial charge in [0.15, 0.2) is 0 Å². The predicted octanol–water partition coefficient (Wildman–Crippen LogP) is 3.57. The molecule has 0 saturated carbocycles. The van der Waals surface area contributed by atoms with Gasteiger partial charge in [-0.15, -0.1) is 0 Å². The molecule has 1 aromatic carbocycles. The topological polar surface area (TPSA) is 15.3 Å². The van der Waals surface area contributed by atoms with Crippen molar-refractivity contribution in [1.29, 1.82) is 0 Å². The molecule has 2 aliphatic rings. The van der Waals surface area contributed by atoms with Crippen molar-refractivity contribution in [3.63, 3.8) is 0 Å². The van der Waals surface area contributed by atoms with Crippen molar-refractivity contribution in [2.24, 2.45) is 5.41 Å². The number of piperidine rings is 1. The van der Waals surface area contributed by atoms with Crippen LogP contribution in [0.1, 0.15) is 24.8 Å². The van der Waals surface area contributed by atoms with Gasteiger partial charge in [-0.2, -0.15) is 0 Å². The van der Waals surface area contributed by atoms with Gasteiger partial charge in [0, 0.05) is 19.6 Å². The Balaban J connectivity index is 1.63. The summed E-state index contributed by atoms with van der Waals surface area (Å²) < 4.78 is 0. The maximum atomic E-state index is 6.08. The van der Waals surface area contributed by atoms with Crippen molar-refractivity contribution in [1.82, 2.24) is 10.2 Å². The van der Waals surface area contributed by atoms with E-state index in [0.717, 1.165) is 6.54 Å². The molecule has 4 heteroatoms. The molecule has 19 heavy (non-hydrogen) atoms. The van der Waals surface area contributed by atoms with Crippen LogP contribution in [0.25, 0.3) is 0 Å².